The molecule has 1 unspecified atom stereocenters. The van der Waals surface area contributed by atoms with Crippen molar-refractivity contribution in [1.29, 1.82) is 0 Å². The molecule has 0 saturated carbocycles. The molecule has 17 heavy (non-hydrogen) atoms. The number of fused-ring (bicyclic) bond motifs is 1. The van der Waals surface area contributed by atoms with Gasteiger partial charge in [0, 0.05) is 27.9 Å². The van der Waals surface area contributed by atoms with Crippen LogP contribution in [0.3, 0.4) is 0 Å². The van der Waals surface area contributed by atoms with Gasteiger partial charge in [-0.25, -0.2) is 8.42 Å². The van der Waals surface area contributed by atoms with Crippen LogP contribution in [0.1, 0.15) is 17.2 Å². The van der Waals surface area contributed by atoms with E-state index in [0.717, 1.165) is 6.08 Å². The average Bonchev–Trinajstić information content (AvgIpc) is 2.28. The van der Waals surface area contributed by atoms with Crippen LogP contribution in [0.2, 0.25) is 0 Å². The topological polar surface area (TPSA) is 90.8 Å². The van der Waals surface area contributed by atoms with Crippen LogP contribution in [0.5, 0.6) is 0 Å². The molecule has 1 aromatic rings. The van der Waals surface area contributed by atoms with Gasteiger partial charge in [0.25, 0.3) is 9.05 Å². The van der Waals surface area contributed by atoms with E-state index in [4.69, 9.17) is 16.2 Å². The number of aliphatic hydroxyl groups is 1. The summed E-state index contributed by atoms with van der Waals surface area (Å²) in [6, 6.07) is 6.34. The van der Waals surface area contributed by atoms with Gasteiger partial charge >= 0.3 is 5.71 Å². The predicted octanol–water partition coefficient (Wildman–Crippen LogP) is 1.31. The van der Waals surface area contributed by atoms with Gasteiger partial charge in [0.1, 0.15) is 0 Å². The minimum absolute atomic E-state index is 0.164. The Morgan fingerprint density at radius 3 is 2.59 bits per heavy atom. The summed E-state index contributed by atoms with van der Waals surface area (Å²) < 4.78 is 22.8. The Morgan fingerprint density at radius 1 is 1.35 bits per heavy atom. The first-order chi connectivity index (χ1) is 7.95. The van der Waals surface area contributed by atoms with Crippen LogP contribution in [-0.4, -0.2) is 24.0 Å². The molecule has 0 saturated heterocycles. The molecule has 5 nitrogen and oxygen atoms in total. The molecule has 0 aliphatic heterocycles. The SMILES string of the molecule is [N-]=[N+]=C1C=C(S(=O)(=O)Cl)c2ccccc2C1O. The minimum atomic E-state index is -3.98. The summed E-state index contributed by atoms with van der Waals surface area (Å²) in [6.45, 7) is 0. The highest BCUT2D eigenvalue weighted by molar-refractivity contribution is 8.21. The number of nitrogens with zero attached hydrogens (tertiary/aromatic N) is 2. The van der Waals surface area contributed by atoms with Crippen molar-refractivity contribution < 1.29 is 18.3 Å². The molecule has 88 valence electrons. The lowest BCUT2D eigenvalue weighted by Gasteiger charge is -2.16. The fraction of sp³-hybridized carbons (Fsp3) is 0.100. The fourth-order valence-corrected chi connectivity index (χ4v) is 2.79. The van der Waals surface area contributed by atoms with Crippen LogP contribution < -0.4 is 0 Å². The number of hydrogen-bond donors (Lipinski definition) is 1. The van der Waals surface area contributed by atoms with Crippen LogP contribution in [0.15, 0.2) is 30.3 Å². The molecule has 1 atom stereocenters. The molecule has 1 aliphatic rings. The molecule has 0 aromatic heterocycles. The van der Waals surface area contributed by atoms with Gasteiger partial charge < -0.3 is 10.6 Å². The van der Waals surface area contributed by atoms with E-state index in [1.54, 1.807) is 18.2 Å². The van der Waals surface area contributed by atoms with Crippen molar-refractivity contribution >= 4 is 30.4 Å². The number of rotatable bonds is 1. The summed E-state index contributed by atoms with van der Waals surface area (Å²) in [4.78, 5) is 2.67. The van der Waals surface area contributed by atoms with Gasteiger partial charge in [-0.15, -0.1) is 0 Å². The van der Waals surface area contributed by atoms with Gasteiger partial charge in [-0.2, -0.15) is 4.79 Å². The maximum atomic E-state index is 11.4. The quantitative estimate of drug-likeness (QED) is 0.474. The highest BCUT2D eigenvalue weighted by Gasteiger charge is 2.34. The molecule has 1 N–H and O–H groups in total. The Morgan fingerprint density at radius 2 is 2.00 bits per heavy atom. The van der Waals surface area contributed by atoms with E-state index in [1.165, 1.54) is 6.07 Å². The molecule has 0 fully saturated rings. The Labute approximate surface area is 102 Å². The first-order valence-corrected chi connectivity index (χ1v) is 6.91. The second-order valence-electron chi connectivity index (χ2n) is 3.46. The standard InChI is InChI=1S/C10H7ClN2O3S/c11-17(15,16)9-5-8(13-12)10(14)7-4-2-1-3-6(7)9/h1-5,10,14H. The van der Waals surface area contributed by atoms with Gasteiger partial charge in [-0.05, 0) is 0 Å². The predicted molar refractivity (Wildman–Crippen MR) is 62.8 cm³/mol. The second-order valence-corrected chi connectivity index (χ2v) is 6.00. The van der Waals surface area contributed by atoms with Gasteiger partial charge in [0.15, 0.2) is 6.10 Å². The molecule has 7 heteroatoms. The van der Waals surface area contributed by atoms with E-state index < -0.39 is 15.2 Å². The van der Waals surface area contributed by atoms with Crippen molar-refractivity contribution in [2.75, 3.05) is 0 Å². The third-order valence-electron chi connectivity index (χ3n) is 2.46. The summed E-state index contributed by atoms with van der Waals surface area (Å²) in [5.74, 6) is 0. The summed E-state index contributed by atoms with van der Waals surface area (Å²) in [6.07, 6.45) is -0.117. The third-order valence-corrected chi connectivity index (χ3v) is 3.82. The summed E-state index contributed by atoms with van der Waals surface area (Å²) in [7, 11) is 1.32. The van der Waals surface area contributed by atoms with Gasteiger partial charge in [-0.1, -0.05) is 24.3 Å². The Hall–Kier alpha value is -1.46. The maximum absolute atomic E-state index is 11.4. The summed E-state index contributed by atoms with van der Waals surface area (Å²) in [5, 5.41) is 9.83. The average molecular weight is 271 g/mol. The largest absolute Gasteiger partial charge is 0.376 e. The zero-order valence-corrected chi connectivity index (χ0v) is 9.98. The zero-order valence-electron chi connectivity index (χ0n) is 8.41. The fourth-order valence-electron chi connectivity index (χ4n) is 1.70. The van der Waals surface area contributed by atoms with Crippen molar-refractivity contribution in [3.8, 4) is 0 Å². The van der Waals surface area contributed by atoms with Crippen molar-refractivity contribution in [3.05, 3.63) is 47.0 Å². The van der Waals surface area contributed by atoms with Crippen molar-refractivity contribution in [1.82, 2.24) is 0 Å². The molecule has 0 bridgehead atoms. The third kappa shape index (κ3) is 2.03. The van der Waals surface area contributed by atoms with Crippen molar-refractivity contribution in [2.24, 2.45) is 0 Å². The van der Waals surface area contributed by atoms with Crippen molar-refractivity contribution in [2.45, 2.75) is 6.10 Å². The molecule has 0 radical (unpaired) electrons. The second kappa shape index (κ2) is 4.09. The van der Waals surface area contributed by atoms with E-state index in [0.29, 0.717) is 11.1 Å². The monoisotopic (exact) mass is 270 g/mol. The Bertz CT molecular complexity index is 660. The number of halogens is 1. The molecule has 1 aliphatic carbocycles. The van der Waals surface area contributed by atoms with Crippen LogP contribution >= 0.6 is 10.7 Å². The van der Waals surface area contributed by atoms with Crippen LogP contribution in [-0.2, 0) is 9.05 Å². The molecule has 0 spiro atoms. The normalized spacial score (nSPS) is 19.3. The van der Waals surface area contributed by atoms with E-state index in [1.807, 2.05) is 0 Å². The first-order valence-electron chi connectivity index (χ1n) is 4.61. The number of aliphatic hydroxyl groups excluding tert-OH is 1. The zero-order chi connectivity index (χ0) is 12.6. The Kier molecular flexibility index (Phi) is 2.89. The molecule has 0 amide bonds. The Balaban J connectivity index is 2.80. The van der Waals surface area contributed by atoms with E-state index >= 15 is 0 Å². The highest BCUT2D eigenvalue weighted by atomic mass is 35.7. The smallest absolute Gasteiger partial charge is 0.326 e. The summed E-state index contributed by atoms with van der Waals surface area (Å²) in [5.41, 5.74) is 9.20. The van der Waals surface area contributed by atoms with Crippen LogP contribution in [0, 0.1) is 0 Å². The number of hydrogen-bond acceptors (Lipinski definition) is 3. The van der Waals surface area contributed by atoms with Gasteiger partial charge in [-0.3, -0.25) is 0 Å². The van der Waals surface area contributed by atoms with Crippen molar-refractivity contribution in [3.63, 3.8) is 0 Å². The molecular weight excluding hydrogens is 264 g/mol. The van der Waals surface area contributed by atoms with E-state index in [2.05, 4.69) is 4.79 Å². The lowest BCUT2D eigenvalue weighted by atomic mass is 9.93. The van der Waals surface area contributed by atoms with Gasteiger partial charge in [0.05, 0.1) is 4.91 Å². The first kappa shape index (κ1) is 12.0. The lowest BCUT2D eigenvalue weighted by Crippen LogP contribution is -2.19. The van der Waals surface area contributed by atoms with E-state index in [-0.39, 0.29) is 10.6 Å². The maximum Gasteiger partial charge on any atom is 0.326 e. The van der Waals surface area contributed by atoms with Crippen LogP contribution in [0.25, 0.3) is 10.4 Å². The highest BCUT2D eigenvalue weighted by Crippen LogP contribution is 2.35. The van der Waals surface area contributed by atoms with Gasteiger partial charge in [0.2, 0.25) is 0 Å². The molecular formula is C10H7ClN2O3S. The van der Waals surface area contributed by atoms with E-state index in [9.17, 15) is 13.5 Å². The summed E-state index contributed by atoms with van der Waals surface area (Å²) >= 11 is 0. The minimum Gasteiger partial charge on any atom is -0.376 e. The van der Waals surface area contributed by atoms with Crippen LogP contribution in [0.4, 0.5) is 0 Å². The molecule has 1 aromatic carbocycles. The molecule has 2 rings (SSSR count). The molecule has 0 heterocycles. The lowest BCUT2D eigenvalue weighted by molar-refractivity contribution is -0.0188. The number of benzene rings is 1.